The number of rotatable bonds is 8. The molecule has 0 atom stereocenters. The number of aromatic nitrogens is 8. The van der Waals surface area contributed by atoms with Gasteiger partial charge in [0.05, 0.1) is 12.2 Å². The fourth-order valence-corrected chi connectivity index (χ4v) is 3.25. The van der Waals surface area contributed by atoms with E-state index in [2.05, 4.69) is 47.9 Å². The van der Waals surface area contributed by atoms with Crippen molar-refractivity contribution in [3.05, 3.63) is 59.8 Å². The van der Waals surface area contributed by atoms with E-state index >= 15 is 0 Å². The summed E-state index contributed by atoms with van der Waals surface area (Å²) in [5.41, 5.74) is 3.45. The van der Waals surface area contributed by atoms with E-state index in [0.29, 0.717) is 24.0 Å². The number of H-pyrrole nitrogens is 1. The number of carbonyl (C=O) groups excluding carboxylic acids is 1. The summed E-state index contributed by atoms with van der Waals surface area (Å²) < 4.78 is 1.63. The van der Waals surface area contributed by atoms with Gasteiger partial charge in [0.25, 0.3) is 5.91 Å². The van der Waals surface area contributed by atoms with Crippen LogP contribution in [0.1, 0.15) is 41.8 Å². The van der Waals surface area contributed by atoms with Crippen LogP contribution in [0, 0.1) is 0 Å². The summed E-state index contributed by atoms with van der Waals surface area (Å²) in [4.78, 5) is 21.3. The Labute approximate surface area is 179 Å². The standard InChI is InChI=1S/C21H23N9O/c1-3-4-9-18-24-20(21(31)22-2)30(27-18)13-14-10-11-17(23-12-14)15-7-5-6-8-16(15)19-25-28-29-26-19/h5-8,10-12H,3-4,9,13H2,1-2H3,(H,22,31)(H,25,26,28,29). The van der Waals surface area contributed by atoms with E-state index in [0.717, 1.165) is 41.6 Å². The van der Waals surface area contributed by atoms with E-state index in [-0.39, 0.29) is 5.91 Å². The van der Waals surface area contributed by atoms with Crippen molar-refractivity contribution >= 4 is 5.91 Å². The number of aromatic amines is 1. The zero-order chi connectivity index (χ0) is 21.6. The average molecular weight is 417 g/mol. The van der Waals surface area contributed by atoms with Crippen LogP contribution in [0.3, 0.4) is 0 Å². The van der Waals surface area contributed by atoms with E-state index in [9.17, 15) is 4.79 Å². The molecule has 0 aliphatic carbocycles. The number of nitrogens with one attached hydrogen (secondary N) is 2. The van der Waals surface area contributed by atoms with Gasteiger partial charge < -0.3 is 5.32 Å². The highest BCUT2D eigenvalue weighted by Crippen LogP contribution is 2.28. The van der Waals surface area contributed by atoms with Gasteiger partial charge in [-0.1, -0.05) is 43.7 Å². The zero-order valence-corrected chi connectivity index (χ0v) is 17.4. The Balaban J connectivity index is 1.59. The largest absolute Gasteiger partial charge is 0.352 e. The third-order valence-corrected chi connectivity index (χ3v) is 4.85. The van der Waals surface area contributed by atoms with Crippen molar-refractivity contribution in [1.82, 2.24) is 45.7 Å². The topological polar surface area (TPSA) is 127 Å². The molecular formula is C21H23N9O. The molecule has 1 amide bonds. The van der Waals surface area contributed by atoms with Crippen molar-refractivity contribution in [3.8, 4) is 22.6 Å². The molecule has 2 N–H and O–H groups in total. The second-order valence-corrected chi connectivity index (χ2v) is 7.02. The summed E-state index contributed by atoms with van der Waals surface area (Å²) in [7, 11) is 1.59. The lowest BCUT2D eigenvalue weighted by Crippen LogP contribution is -2.23. The van der Waals surface area contributed by atoms with Crippen LogP contribution in [0.25, 0.3) is 22.6 Å². The van der Waals surface area contributed by atoms with Gasteiger partial charge in [-0.2, -0.15) is 10.3 Å². The first-order valence-electron chi connectivity index (χ1n) is 10.1. The van der Waals surface area contributed by atoms with Crippen LogP contribution in [0.5, 0.6) is 0 Å². The van der Waals surface area contributed by atoms with Crippen molar-refractivity contribution in [2.45, 2.75) is 32.7 Å². The molecule has 4 aromatic rings. The van der Waals surface area contributed by atoms with Crippen LogP contribution in [0.2, 0.25) is 0 Å². The molecule has 0 bridgehead atoms. The molecule has 0 spiro atoms. The number of pyridine rings is 1. The maximum Gasteiger partial charge on any atom is 0.288 e. The first-order valence-corrected chi connectivity index (χ1v) is 10.1. The molecule has 0 aliphatic heterocycles. The molecule has 0 saturated heterocycles. The van der Waals surface area contributed by atoms with Gasteiger partial charge in [0, 0.05) is 30.8 Å². The van der Waals surface area contributed by atoms with Gasteiger partial charge in [-0.15, -0.1) is 10.2 Å². The molecule has 158 valence electrons. The van der Waals surface area contributed by atoms with Crippen LogP contribution >= 0.6 is 0 Å². The monoisotopic (exact) mass is 417 g/mol. The van der Waals surface area contributed by atoms with E-state index in [1.54, 1.807) is 17.9 Å². The number of amides is 1. The summed E-state index contributed by atoms with van der Waals surface area (Å²) in [5.74, 6) is 1.24. The number of carbonyl (C=O) groups is 1. The molecule has 3 heterocycles. The first kappa shape index (κ1) is 20.3. The predicted molar refractivity (Wildman–Crippen MR) is 114 cm³/mol. The third kappa shape index (κ3) is 4.47. The molecule has 0 saturated carbocycles. The molecular weight excluding hydrogens is 394 g/mol. The summed E-state index contributed by atoms with van der Waals surface area (Å²) in [6.07, 6.45) is 4.55. The molecule has 10 heteroatoms. The number of benzene rings is 1. The number of unbranched alkanes of at least 4 members (excludes halogenated alkanes) is 1. The lowest BCUT2D eigenvalue weighted by Gasteiger charge is -2.08. The number of aryl methyl sites for hydroxylation is 1. The quantitative estimate of drug-likeness (QED) is 0.450. The Morgan fingerprint density at radius 2 is 2.00 bits per heavy atom. The number of tetrazole rings is 1. The minimum absolute atomic E-state index is 0.256. The smallest absolute Gasteiger partial charge is 0.288 e. The molecule has 4 rings (SSSR count). The minimum Gasteiger partial charge on any atom is -0.352 e. The van der Waals surface area contributed by atoms with Crippen LogP contribution in [-0.4, -0.2) is 53.3 Å². The SMILES string of the molecule is CCCCc1nc(C(=O)NC)n(Cc2ccc(-c3ccccc3-c3nn[nH]n3)nc2)n1. The van der Waals surface area contributed by atoms with Crippen LogP contribution in [0.15, 0.2) is 42.6 Å². The van der Waals surface area contributed by atoms with Gasteiger partial charge >= 0.3 is 0 Å². The highest BCUT2D eigenvalue weighted by Gasteiger charge is 2.17. The van der Waals surface area contributed by atoms with Crippen molar-refractivity contribution in [1.29, 1.82) is 0 Å². The molecule has 0 fully saturated rings. The van der Waals surface area contributed by atoms with Gasteiger partial charge in [0.2, 0.25) is 11.6 Å². The fourth-order valence-electron chi connectivity index (χ4n) is 3.25. The lowest BCUT2D eigenvalue weighted by molar-refractivity contribution is 0.0947. The van der Waals surface area contributed by atoms with E-state index < -0.39 is 0 Å². The van der Waals surface area contributed by atoms with Crippen LogP contribution in [0.4, 0.5) is 0 Å². The molecule has 31 heavy (non-hydrogen) atoms. The molecule has 3 aromatic heterocycles. The van der Waals surface area contributed by atoms with Crippen molar-refractivity contribution < 1.29 is 4.79 Å². The van der Waals surface area contributed by atoms with Crippen molar-refractivity contribution in [3.63, 3.8) is 0 Å². The van der Waals surface area contributed by atoms with Crippen molar-refractivity contribution in [2.75, 3.05) is 7.05 Å². The van der Waals surface area contributed by atoms with Crippen LogP contribution in [-0.2, 0) is 13.0 Å². The Hall–Kier alpha value is -3.95. The molecule has 0 radical (unpaired) electrons. The van der Waals surface area contributed by atoms with Crippen molar-refractivity contribution in [2.24, 2.45) is 0 Å². The first-order chi connectivity index (χ1) is 15.2. The zero-order valence-electron chi connectivity index (χ0n) is 17.4. The maximum absolute atomic E-state index is 12.2. The Morgan fingerprint density at radius 1 is 1.16 bits per heavy atom. The summed E-state index contributed by atoms with van der Waals surface area (Å²) in [6, 6.07) is 11.7. The molecule has 1 aromatic carbocycles. The Kier molecular flexibility index (Phi) is 6.06. The third-order valence-electron chi connectivity index (χ3n) is 4.85. The summed E-state index contributed by atoms with van der Waals surface area (Å²) >= 11 is 0. The molecule has 10 nitrogen and oxygen atoms in total. The minimum atomic E-state index is -0.256. The number of hydrogen-bond acceptors (Lipinski definition) is 7. The van der Waals surface area contributed by atoms with Gasteiger partial charge in [0.1, 0.15) is 0 Å². The van der Waals surface area contributed by atoms with E-state index in [1.165, 1.54) is 0 Å². The summed E-state index contributed by atoms with van der Waals surface area (Å²) in [6.45, 7) is 2.52. The van der Waals surface area contributed by atoms with Gasteiger partial charge in [-0.3, -0.25) is 9.78 Å². The summed E-state index contributed by atoms with van der Waals surface area (Å²) in [5, 5.41) is 21.4. The molecule has 0 aliphatic rings. The van der Waals surface area contributed by atoms with Gasteiger partial charge in [-0.25, -0.2) is 9.67 Å². The highest BCUT2D eigenvalue weighted by molar-refractivity contribution is 5.90. The van der Waals surface area contributed by atoms with E-state index in [1.807, 2.05) is 36.4 Å². The van der Waals surface area contributed by atoms with Gasteiger partial charge in [-0.05, 0) is 23.3 Å². The van der Waals surface area contributed by atoms with Crippen LogP contribution < -0.4 is 5.32 Å². The average Bonchev–Trinajstić information content (AvgIpc) is 3.48. The predicted octanol–water partition coefficient (Wildman–Crippen LogP) is 2.27. The van der Waals surface area contributed by atoms with Gasteiger partial charge in [0.15, 0.2) is 5.82 Å². The Bertz CT molecular complexity index is 1150. The second kappa shape index (κ2) is 9.24. The Morgan fingerprint density at radius 3 is 2.68 bits per heavy atom. The maximum atomic E-state index is 12.2. The number of hydrogen-bond donors (Lipinski definition) is 2. The fraction of sp³-hybridized carbons (Fsp3) is 0.286. The molecule has 0 unspecified atom stereocenters. The lowest BCUT2D eigenvalue weighted by atomic mass is 10.0. The normalized spacial score (nSPS) is 10.9. The highest BCUT2D eigenvalue weighted by atomic mass is 16.2. The van der Waals surface area contributed by atoms with E-state index in [4.69, 9.17) is 0 Å². The second-order valence-electron chi connectivity index (χ2n) is 7.02. The number of nitrogens with zero attached hydrogens (tertiary/aromatic N) is 7.